The lowest BCUT2D eigenvalue weighted by Gasteiger charge is -2.15. The van der Waals surface area contributed by atoms with Crippen LogP contribution in [0.15, 0.2) is 35.5 Å². The predicted octanol–water partition coefficient (Wildman–Crippen LogP) is 3.62. The molecule has 0 fully saturated rings. The summed E-state index contributed by atoms with van der Waals surface area (Å²) < 4.78 is 48.8. The van der Waals surface area contributed by atoms with Gasteiger partial charge in [-0.05, 0) is 25.1 Å². The number of anilines is 2. The summed E-state index contributed by atoms with van der Waals surface area (Å²) >= 11 is 0. The van der Waals surface area contributed by atoms with Gasteiger partial charge in [-0.3, -0.25) is 4.99 Å². The van der Waals surface area contributed by atoms with Gasteiger partial charge in [-0.1, -0.05) is 0 Å². The summed E-state index contributed by atoms with van der Waals surface area (Å²) in [5, 5.41) is 8.88. The van der Waals surface area contributed by atoms with Crippen molar-refractivity contribution in [3.05, 3.63) is 36.2 Å². The van der Waals surface area contributed by atoms with Crippen LogP contribution in [-0.4, -0.2) is 49.8 Å². The topological polar surface area (TPSA) is 92.7 Å². The number of methoxy groups -OCH3 is 1. The lowest BCUT2D eigenvalue weighted by Crippen LogP contribution is -2.34. The molecule has 12 heteroatoms. The Hall–Kier alpha value is -2.51. The Bertz CT molecular complexity index is 836. The molecular formula is C18H24F3IN6O2. The van der Waals surface area contributed by atoms with Gasteiger partial charge in [0.05, 0.1) is 13.7 Å². The molecule has 1 heterocycles. The van der Waals surface area contributed by atoms with E-state index in [1.165, 1.54) is 0 Å². The number of hydrogen-bond donors (Lipinski definition) is 3. The molecule has 30 heavy (non-hydrogen) atoms. The minimum Gasteiger partial charge on any atom is -0.493 e. The van der Waals surface area contributed by atoms with E-state index in [0.717, 1.165) is 18.0 Å². The molecular weight excluding hydrogens is 516 g/mol. The number of ether oxygens (including phenoxy) is 2. The molecule has 0 saturated heterocycles. The number of nitrogens with one attached hydrogen (secondary N) is 3. The average Bonchev–Trinajstić information content (AvgIpc) is 2.70. The van der Waals surface area contributed by atoms with Crippen LogP contribution in [0.3, 0.4) is 0 Å². The standard InChI is InChI=1S/C18H23F3N6O2.HI/c1-4-29-14-11-12(5-6-13(14)28-3)26-16(22-2)24-9-10-25-17-23-8-7-15(27-17)18(19,20)21;/h5-8,11H,4,9-10H2,1-3H3,(H2,22,24,26)(H,23,25,27);1H. The molecule has 3 N–H and O–H groups in total. The van der Waals surface area contributed by atoms with Crippen LogP contribution < -0.4 is 25.4 Å². The Morgan fingerprint density at radius 1 is 1.17 bits per heavy atom. The van der Waals surface area contributed by atoms with Crippen molar-refractivity contribution in [1.29, 1.82) is 0 Å². The quantitative estimate of drug-likeness (QED) is 0.204. The van der Waals surface area contributed by atoms with E-state index in [9.17, 15) is 13.2 Å². The van der Waals surface area contributed by atoms with Gasteiger partial charge in [0.15, 0.2) is 17.5 Å². The molecule has 0 bridgehead atoms. The number of aromatic nitrogens is 2. The lowest BCUT2D eigenvalue weighted by molar-refractivity contribution is -0.141. The molecule has 0 unspecified atom stereocenters. The first-order chi connectivity index (χ1) is 13.9. The van der Waals surface area contributed by atoms with Crippen LogP contribution in [0.1, 0.15) is 12.6 Å². The highest BCUT2D eigenvalue weighted by atomic mass is 127. The highest BCUT2D eigenvalue weighted by Gasteiger charge is 2.32. The van der Waals surface area contributed by atoms with Gasteiger partial charge in [-0.25, -0.2) is 9.97 Å². The van der Waals surface area contributed by atoms with Crippen LogP contribution in [0.5, 0.6) is 11.5 Å². The summed E-state index contributed by atoms with van der Waals surface area (Å²) in [7, 11) is 3.16. The molecule has 0 aliphatic heterocycles. The first kappa shape index (κ1) is 25.5. The zero-order valence-electron chi connectivity index (χ0n) is 16.7. The van der Waals surface area contributed by atoms with Crippen molar-refractivity contribution in [3.63, 3.8) is 0 Å². The molecule has 2 rings (SSSR count). The maximum Gasteiger partial charge on any atom is 0.433 e. The average molecular weight is 540 g/mol. The third-order valence-electron chi connectivity index (χ3n) is 3.60. The first-order valence-corrected chi connectivity index (χ1v) is 8.80. The van der Waals surface area contributed by atoms with E-state index in [-0.39, 0.29) is 36.5 Å². The molecule has 0 amide bonds. The number of nitrogens with zero attached hydrogens (tertiary/aromatic N) is 3. The molecule has 0 aliphatic rings. The van der Waals surface area contributed by atoms with Gasteiger partial charge in [0.25, 0.3) is 0 Å². The van der Waals surface area contributed by atoms with Crippen LogP contribution in [0.2, 0.25) is 0 Å². The summed E-state index contributed by atoms with van der Waals surface area (Å²) in [5.74, 6) is 1.59. The van der Waals surface area contributed by atoms with Gasteiger partial charge in [0.1, 0.15) is 5.69 Å². The minimum absolute atomic E-state index is 0. The fraction of sp³-hybridized carbons (Fsp3) is 0.389. The van der Waals surface area contributed by atoms with Crippen LogP contribution >= 0.6 is 24.0 Å². The summed E-state index contributed by atoms with van der Waals surface area (Å²) in [6, 6.07) is 6.18. The van der Waals surface area contributed by atoms with Crippen molar-refractivity contribution >= 4 is 41.6 Å². The second-order valence-corrected chi connectivity index (χ2v) is 5.61. The summed E-state index contributed by atoms with van der Waals surface area (Å²) in [6.07, 6.45) is -3.45. The van der Waals surface area contributed by atoms with Gasteiger partial charge in [-0.2, -0.15) is 13.2 Å². The number of aliphatic imine (C=N–C) groups is 1. The molecule has 0 spiro atoms. The molecule has 1 aromatic carbocycles. The second-order valence-electron chi connectivity index (χ2n) is 5.61. The Kier molecular flexibility index (Phi) is 10.4. The zero-order valence-corrected chi connectivity index (χ0v) is 19.0. The molecule has 0 radical (unpaired) electrons. The summed E-state index contributed by atoms with van der Waals surface area (Å²) in [4.78, 5) is 11.3. The fourth-order valence-corrected chi connectivity index (χ4v) is 2.30. The van der Waals surface area contributed by atoms with Gasteiger partial charge in [0, 0.05) is 38.1 Å². The molecule has 0 saturated carbocycles. The number of hydrogen-bond acceptors (Lipinski definition) is 6. The molecule has 0 atom stereocenters. The number of guanidine groups is 1. The van der Waals surface area contributed by atoms with Crippen molar-refractivity contribution in [1.82, 2.24) is 15.3 Å². The molecule has 1 aromatic heterocycles. The van der Waals surface area contributed by atoms with E-state index in [0.29, 0.717) is 30.6 Å². The first-order valence-electron chi connectivity index (χ1n) is 8.80. The molecule has 0 aliphatic carbocycles. The molecule has 8 nitrogen and oxygen atoms in total. The van der Waals surface area contributed by atoms with Crippen LogP contribution in [0, 0.1) is 0 Å². The van der Waals surface area contributed by atoms with Crippen molar-refractivity contribution in [2.24, 2.45) is 4.99 Å². The van der Waals surface area contributed by atoms with E-state index in [4.69, 9.17) is 9.47 Å². The van der Waals surface area contributed by atoms with Crippen molar-refractivity contribution in [2.45, 2.75) is 13.1 Å². The number of benzene rings is 1. The van der Waals surface area contributed by atoms with Gasteiger partial charge < -0.3 is 25.4 Å². The normalized spacial score (nSPS) is 11.3. The Morgan fingerprint density at radius 3 is 2.57 bits per heavy atom. The zero-order chi connectivity index (χ0) is 21.3. The monoisotopic (exact) mass is 540 g/mol. The van der Waals surface area contributed by atoms with E-state index in [2.05, 4.69) is 30.9 Å². The van der Waals surface area contributed by atoms with E-state index < -0.39 is 11.9 Å². The van der Waals surface area contributed by atoms with Crippen molar-refractivity contribution in [3.8, 4) is 11.5 Å². The highest BCUT2D eigenvalue weighted by molar-refractivity contribution is 14.0. The van der Waals surface area contributed by atoms with Crippen LogP contribution in [-0.2, 0) is 6.18 Å². The largest absolute Gasteiger partial charge is 0.493 e. The third-order valence-corrected chi connectivity index (χ3v) is 3.60. The van der Waals surface area contributed by atoms with Crippen molar-refractivity contribution < 1.29 is 22.6 Å². The number of alkyl halides is 3. The summed E-state index contributed by atoms with van der Waals surface area (Å²) in [5.41, 5.74) is -0.262. The maximum atomic E-state index is 12.7. The van der Waals surface area contributed by atoms with E-state index in [1.807, 2.05) is 13.0 Å². The number of halogens is 4. The van der Waals surface area contributed by atoms with Gasteiger partial charge in [0.2, 0.25) is 5.95 Å². The Balaban J connectivity index is 0.00000450. The number of rotatable bonds is 8. The van der Waals surface area contributed by atoms with Crippen LogP contribution in [0.4, 0.5) is 24.8 Å². The molecule has 2 aromatic rings. The SMILES string of the molecule is CCOc1cc(NC(=NC)NCCNc2nccc(C(F)(F)F)n2)ccc1OC.I. The third kappa shape index (κ3) is 7.72. The van der Waals surface area contributed by atoms with Gasteiger partial charge in [-0.15, -0.1) is 24.0 Å². The summed E-state index contributed by atoms with van der Waals surface area (Å²) in [6.45, 7) is 3.03. The van der Waals surface area contributed by atoms with Gasteiger partial charge >= 0.3 is 6.18 Å². The minimum atomic E-state index is -4.51. The van der Waals surface area contributed by atoms with Crippen LogP contribution in [0.25, 0.3) is 0 Å². The van der Waals surface area contributed by atoms with Crippen molar-refractivity contribution in [2.75, 3.05) is 44.5 Å². The van der Waals surface area contributed by atoms with E-state index >= 15 is 0 Å². The smallest absolute Gasteiger partial charge is 0.433 e. The van der Waals surface area contributed by atoms with E-state index in [1.54, 1.807) is 26.3 Å². The molecule has 166 valence electrons. The Labute approximate surface area is 189 Å². The lowest BCUT2D eigenvalue weighted by atomic mass is 10.2. The maximum absolute atomic E-state index is 12.7. The highest BCUT2D eigenvalue weighted by Crippen LogP contribution is 2.30. The predicted molar refractivity (Wildman–Crippen MR) is 120 cm³/mol. The second kappa shape index (κ2) is 12.2. The fourth-order valence-electron chi connectivity index (χ4n) is 2.30. The Morgan fingerprint density at radius 2 is 1.93 bits per heavy atom.